The zero-order valence-electron chi connectivity index (χ0n) is 15.7. The Morgan fingerprint density at radius 1 is 0.862 bits per heavy atom. The van der Waals surface area contributed by atoms with Gasteiger partial charge in [0.1, 0.15) is 0 Å². The molecule has 3 aromatic rings. The standard InChI is InChI=1S/C23H20Cl2N2O2/c24-19-12-20(25)14-21(13-19)26-22(28)16-7-9-27(10-8-16)23(29)18-6-5-15-3-1-2-4-17(15)11-18/h1-6,11-14,16H,7-10H2,(H,26,28). The molecule has 0 spiro atoms. The van der Waals surface area contributed by atoms with Gasteiger partial charge >= 0.3 is 0 Å². The van der Waals surface area contributed by atoms with Crippen LogP contribution >= 0.6 is 23.2 Å². The van der Waals surface area contributed by atoms with Crippen molar-refractivity contribution in [2.75, 3.05) is 18.4 Å². The molecule has 0 aliphatic carbocycles. The maximum atomic E-state index is 12.9. The molecule has 1 heterocycles. The number of nitrogens with one attached hydrogen (secondary N) is 1. The minimum Gasteiger partial charge on any atom is -0.339 e. The van der Waals surface area contributed by atoms with E-state index in [4.69, 9.17) is 23.2 Å². The number of halogens is 2. The first-order chi connectivity index (χ1) is 14.0. The summed E-state index contributed by atoms with van der Waals surface area (Å²) >= 11 is 12.0. The van der Waals surface area contributed by atoms with Crippen LogP contribution in [0, 0.1) is 5.92 Å². The normalized spacial score (nSPS) is 14.8. The van der Waals surface area contributed by atoms with E-state index in [1.807, 2.05) is 47.4 Å². The molecule has 148 valence electrons. The fourth-order valence-electron chi connectivity index (χ4n) is 3.72. The molecule has 29 heavy (non-hydrogen) atoms. The van der Waals surface area contributed by atoms with Crippen molar-refractivity contribution in [2.24, 2.45) is 5.92 Å². The Morgan fingerprint density at radius 3 is 2.21 bits per heavy atom. The average Bonchev–Trinajstić information content (AvgIpc) is 2.72. The minimum absolute atomic E-state index is 0.0104. The SMILES string of the molecule is O=C(Nc1cc(Cl)cc(Cl)c1)C1CCN(C(=O)c2ccc3ccccc3c2)CC1. The molecule has 3 aromatic carbocycles. The maximum absolute atomic E-state index is 12.9. The molecule has 0 bridgehead atoms. The minimum atomic E-state index is -0.145. The number of benzene rings is 3. The van der Waals surface area contributed by atoms with Gasteiger partial charge in [0.25, 0.3) is 5.91 Å². The zero-order chi connectivity index (χ0) is 20.4. The van der Waals surface area contributed by atoms with Crippen LogP contribution in [0.2, 0.25) is 10.0 Å². The molecule has 1 N–H and O–H groups in total. The molecule has 0 saturated carbocycles. The molecule has 1 fully saturated rings. The van der Waals surface area contributed by atoms with Gasteiger partial charge < -0.3 is 10.2 Å². The van der Waals surface area contributed by atoms with Crippen LogP contribution in [-0.2, 0) is 4.79 Å². The summed E-state index contributed by atoms with van der Waals surface area (Å²) in [6.07, 6.45) is 1.25. The summed E-state index contributed by atoms with van der Waals surface area (Å²) < 4.78 is 0. The molecule has 6 heteroatoms. The fraction of sp³-hybridized carbons (Fsp3) is 0.217. The van der Waals surface area contributed by atoms with Crippen molar-refractivity contribution in [3.8, 4) is 0 Å². The summed E-state index contributed by atoms with van der Waals surface area (Å²) in [4.78, 5) is 27.3. The summed E-state index contributed by atoms with van der Waals surface area (Å²) in [5.74, 6) is -0.203. The number of carbonyl (C=O) groups excluding carboxylic acids is 2. The quantitative estimate of drug-likeness (QED) is 0.588. The Bertz CT molecular complexity index is 1060. The summed E-state index contributed by atoms with van der Waals surface area (Å²) in [5.41, 5.74) is 1.27. The van der Waals surface area contributed by atoms with Gasteiger partial charge in [-0.05, 0) is 53.9 Å². The van der Waals surface area contributed by atoms with E-state index in [2.05, 4.69) is 5.32 Å². The number of nitrogens with zero attached hydrogens (tertiary/aromatic N) is 1. The second-order valence-corrected chi connectivity index (χ2v) is 8.15. The van der Waals surface area contributed by atoms with E-state index < -0.39 is 0 Å². The third-order valence-electron chi connectivity index (χ3n) is 5.28. The summed E-state index contributed by atoms with van der Waals surface area (Å²) in [5, 5.41) is 5.99. The van der Waals surface area contributed by atoms with Gasteiger partial charge in [-0.2, -0.15) is 0 Å². The summed E-state index contributed by atoms with van der Waals surface area (Å²) in [7, 11) is 0. The van der Waals surface area contributed by atoms with E-state index in [1.165, 1.54) is 0 Å². The van der Waals surface area contributed by atoms with Gasteiger partial charge in [-0.15, -0.1) is 0 Å². The number of rotatable bonds is 3. The van der Waals surface area contributed by atoms with Crippen molar-refractivity contribution < 1.29 is 9.59 Å². The molecule has 0 radical (unpaired) electrons. The lowest BCUT2D eigenvalue weighted by Crippen LogP contribution is -2.41. The van der Waals surface area contributed by atoms with Gasteiger partial charge in [0, 0.05) is 40.3 Å². The molecular formula is C23H20Cl2N2O2. The molecule has 4 rings (SSSR count). The number of hydrogen-bond donors (Lipinski definition) is 1. The van der Waals surface area contributed by atoms with Gasteiger partial charge in [0.15, 0.2) is 0 Å². The number of amides is 2. The second kappa shape index (κ2) is 8.44. The van der Waals surface area contributed by atoms with E-state index >= 15 is 0 Å². The van der Waals surface area contributed by atoms with Crippen LogP contribution < -0.4 is 5.32 Å². The van der Waals surface area contributed by atoms with Crippen molar-refractivity contribution in [2.45, 2.75) is 12.8 Å². The summed E-state index contributed by atoms with van der Waals surface area (Å²) in [6, 6.07) is 18.7. The largest absolute Gasteiger partial charge is 0.339 e. The highest BCUT2D eigenvalue weighted by atomic mass is 35.5. The van der Waals surface area contributed by atoms with Crippen molar-refractivity contribution in [3.05, 3.63) is 76.3 Å². The molecule has 1 aliphatic rings. The monoisotopic (exact) mass is 426 g/mol. The van der Waals surface area contributed by atoms with E-state index in [-0.39, 0.29) is 17.7 Å². The topological polar surface area (TPSA) is 49.4 Å². The first-order valence-corrected chi connectivity index (χ1v) is 10.3. The van der Waals surface area contributed by atoms with Gasteiger partial charge in [0.05, 0.1) is 0 Å². The third kappa shape index (κ3) is 4.55. The first kappa shape index (κ1) is 19.7. The maximum Gasteiger partial charge on any atom is 0.253 e. The van der Waals surface area contributed by atoms with Crippen molar-refractivity contribution in [3.63, 3.8) is 0 Å². The van der Waals surface area contributed by atoms with Crippen molar-refractivity contribution >= 4 is 51.5 Å². The molecule has 4 nitrogen and oxygen atoms in total. The van der Waals surface area contributed by atoms with E-state index in [9.17, 15) is 9.59 Å². The van der Waals surface area contributed by atoms with Crippen LogP contribution in [0.3, 0.4) is 0 Å². The molecule has 1 saturated heterocycles. The highest BCUT2D eigenvalue weighted by Crippen LogP contribution is 2.25. The lowest BCUT2D eigenvalue weighted by Gasteiger charge is -2.31. The van der Waals surface area contributed by atoms with Crippen molar-refractivity contribution in [1.82, 2.24) is 4.90 Å². The second-order valence-electron chi connectivity index (χ2n) is 7.28. The molecule has 1 aliphatic heterocycles. The van der Waals surface area contributed by atoms with Crippen LogP contribution in [0.1, 0.15) is 23.2 Å². The van der Waals surface area contributed by atoms with Crippen LogP contribution in [0.25, 0.3) is 10.8 Å². The van der Waals surface area contributed by atoms with Gasteiger partial charge in [-0.25, -0.2) is 0 Å². The number of hydrogen-bond acceptors (Lipinski definition) is 2. The van der Waals surface area contributed by atoms with Crippen LogP contribution in [0.5, 0.6) is 0 Å². The Hall–Kier alpha value is -2.56. The van der Waals surface area contributed by atoms with Crippen LogP contribution in [0.15, 0.2) is 60.7 Å². The molecule has 2 amide bonds. The smallest absolute Gasteiger partial charge is 0.253 e. The molecule has 0 atom stereocenters. The highest BCUT2D eigenvalue weighted by Gasteiger charge is 2.28. The van der Waals surface area contributed by atoms with Gasteiger partial charge in [-0.3, -0.25) is 9.59 Å². The Morgan fingerprint density at radius 2 is 1.52 bits per heavy atom. The highest BCUT2D eigenvalue weighted by molar-refractivity contribution is 6.35. The average molecular weight is 427 g/mol. The van der Waals surface area contributed by atoms with E-state index in [1.54, 1.807) is 18.2 Å². The predicted octanol–water partition coefficient (Wildman–Crippen LogP) is 5.64. The molecule has 0 unspecified atom stereocenters. The fourth-order valence-corrected chi connectivity index (χ4v) is 4.25. The lowest BCUT2D eigenvalue weighted by atomic mass is 9.95. The third-order valence-corrected chi connectivity index (χ3v) is 5.72. The summed E-state index contributed by atoms with van der Waals surface area (Å²) in [6.45, 7) is 1.11. The Kier molecular flexibility index (Phi) is 5.74. The van der Waals surface area contributed by atoms with E-state index in [0.717, 1.165) is 10.8 Å². The predicted molar refractivity (Wildman–Crippen MR) is 118 cm³/mol. The first-order valence-electron chi connectivity index (χ1n) is 9.54. The number of carbonyl (C=O) groups is 2. The van der Waals surface area contributed by atoms with E-state index in [0.29, 0.717) is 47.2 Å². The van der Waals surface area contributed by atoms with Gasteiger partial charge in [0.2, 0.25) is 5.91 Å². The van der Waals surface area contributed by atoms with Crippen LogP contribution in [-0.4, -0.2) is 29.8 Å². The zero-order valence-corrected chi connectivity index (χ0v) is 17.2. The van der Waals surface area contributed by atoms with Gasteiger partial charge in [-0.1, -0.05) is 53.5 Å². The molecule has 0 aromatic heterocycles. The Balaban J connectivity index is 1.38. The van der Waals surface area contributed by atoms with Crippen molar-refractivity contribution in [1.29, 1.82) is 0 Å². The molecular weight excluding hydrogens is 407 g/mol. The lowest BCUT2D eigenvalue weighted by molar-refractivity contribution is -0.121. The number of fused-ring (bicyclic) bond motifs is 1. The number of likely N-dealkylation sites (tertiary alicyclic amines) is 1. The number of anilines is 1. The Labute approximate surface area is 179 Å². The number of piperidine rings is 1. The van der Waals surface area contributed by atoms with Crippen LogP contribution in [0.4, 0.5) is 5.69 Å².